The lowest BCUT2D eigenvalue weighted by Gasteiger charge is -2.14. The number of rotatable bonds is 0. The third-order valence-corrected chi connectivity index (χ3v) is 1.52. The third kappa shape index (κ3) is 1.62. The first kappa shape index (κ1) is 7.87. The molecule has 0 amide bonds. The highest BCUT2D eigenvalue weighted by Gasteiger charge is 2.15. The van der Waals surface area contributed by atoms with Crippen molar-refractivity contribution in [3.63, 3.8) is 0 Å². The Bertz CT molecular complexity index is 283. The van der Waals surface area contributed by atoms with Crippen molar-refractivity contribution in [3.05, 3.63) is 17.7 Å². The van der Waals surface area contributed by atoms with Gasteiger partial charge in [-0.15, -0.1) is 6.42 Å². The molecule has 0 radical (unpaired) electrons. The average molecular weight is 148 g/mol. The summed E-state index contributed by atoms with van der Waals surface area (Å²) in [6.45, 7) is 6.34. The summed E-state index contributed by atoms with van der Waals surface area (Å²) in [4.78, 5) is 7.07. The monoisotopic (exact) mass is 148 g/mol. The topological polar surface area (TPSA) is 28.7 Å². The van der Waals surface area contributed by atoms with E-state index in [2.05, 4.69) is 36.7 Å². The standard InChI is InChI=1S/C9H12N2/c1-5-8-10-6-7(11-8)9(2,3)4/h1,6H,2-4H3,(H,10,11). The molecule has 58 valence electrons. The molecule has 0 aliphatic carbocycles. The summed E-state index contributed by atoms with van der Waals surface area (Å²) in [5.41, 5.74) is 1.17. The highest BCUT2D eigenvalue weighted by molar-refractivity contribution is 5.21. The van der Waals surface area contributed by atoms with Crippen molar-refractivity contribution in [2.24, 2.45) is 0 Å². The van der Waals surface area contributed by atoms with Crippen LogP contribution in [-0.4, -0.2) is 9.97 Å². The summed E-state index contributed by atoms with van der Waals surface area (Å²) < 4.78 is 0. The fraction of sp³-hybridized carbons (Fsp3) is 0.444. The number of hydrogen-bond acceptors (Lipinski definition) is 1. The lowest BCUT2D eigenvalue weighted by Crippen LogP contribution is -2.11. The second-order valence-corrected chi connectivity index (χ2v) is 3.54. The van der Waals surface area contributed by atoms with Crippen molar-refractivity contribution >= 4 is 0 Å². The van der Waals surface area contributed by atoms with E-state index in [-0.39, 0.29) is 5.41 Å². The predicted octanol–water partition coefficient (Wildman–Crippen LogP) is 1.69. The van der Waals surface area contributed by atoms with Crippen molar-refractivity contribution < 1.29 is 0 Å². The maximum atomic E-state index is 5.16. The van der Waals surface area contributed by atoms with E-state index in [1.54, 1.807) is 6.20 Å². The maximum Gasteiger partial charge on any atom is 0.182 e. The van der Waals surface area contributed by atoms with Crippen molar-refractivity contribution in [2.45, 2.75) is 26.2 Å². The number of nitrogens with zero attached hydrogens (tertiary/aromatic N) is 1. The summed E-state index contributed by atoms with van der Waals surface area (Å²) in [7, 11) is 0. The normalized spacial score (nSPS) is 11.1. The van der Waals surface area contributed by atoms with Crippen molar-refractivity contribution in [2.75, 3.05) is 0 Å². The first-order chi connectivity index (χ1) is 5.04. The molecule has 2 heteroatoms. The van der Waals surface area contributed by atoms with E-state index in [1.165, 1.54) is 0 Å². The van der Waals surface area contributed by atoms with Crippen LogP contribution < -0.4 is 0 Å². The lowest BCUT2D eigenvalue weighted by atomic mass is 9.93. The Morgan fingerprint density at radius 2 is 2.18 bits per heavy atom. The Labute approximate surface area is 67.0 Å². The zero-order chi connectivity index (χ0) is 8.48. The van der Waals surface area contributed by atoms with Gasteiger partial charge in [0.1, 0.15) is 0 Å². The van der Waals surface area contributed by atoms with E-state index in [4.69, 9.17) is 6.42 Å². The van der Waals surface area contributed by atoms with Crippen LogP contribution >= 0.6 is 0 Å². The van der Waals surface area contributed by atoms with Gasteiger partial charge in [-0.3, -0.25) is 0 Å². The Kier molecular flexibility index (Phi) is 1.74. The number of hydrogen-bond donors (Lipinski definition) is 1. The average Bonchev–Trinajstić information content (AvgIpc) is 2.32. The smallest absolute Gasteiger partial charge is 0.182 e. The van der Waals surface area contributed by atoms with Crippen LogP contribution in [0.3, 0.4) is 0 Å². The maximum absolute atomic E-state index is 5.16. The number of H-pyrrole nitrogens is 1. The van der Waals surface area contributed by atoms with E-state index in [1.807, 2.05) is 0 Å². The zero-order valence-electron chi connectivity index (χ0n) is 7.10. The second kappa shape index (κ2) is 2.43. The number of terminal acetylenes is 1. The fourth-order valence-corrected chi connectivity index (χ4v) is 0.776. The minimum atomic E-state index is 0.0993. The molecule has 0 aliphatic heterocycles. The second-order valence-electron chi connectivity index (χ2n) is 3.54. The quantitative estimate of drug-likeness (QED) is 0.557. The number of nitrogens with one attached hydrogen (secondary N) is 1. The van der Waals surface area contributed by atoms with Crippen LogP contribution in [0.25, 0.3) is 0 Å². The third-order valence-electron chi connectivity index (χ3n) is 1.52. The minimum Gasteiger partial charge on any atom is -0.335 e. The lowest BCUT2D eigenvalue weighted by molar-refractivity contribution is 0.572. The van der Waals surface area contributed by atoms with Crippen molar-refractivity contribution in [1.82, 2.24) is 9.97 Å². The molecule has 11 heavy (non-hydrogen) atoms. The predicted molar refractivity (Wildman–Crippen MR) is 45.2 cm³/mol. The van der Waals surface area contributed by atoms with Gasteiger partial charge in [-0.1, -0.05) is 20.8 Å². The molecule has 0 unspecified atom stereocenters. The van der Waals surface area contributed by atoms with Gasteiger partial charge in [0, 0.05) is 17.3 Å². The molecule has 0 saturated heterocycles. The van der Waals surface area contributed by atoms with Gasteiger partial charge in [0.05, 0.1) is 0 Å². The Morgan fingerprint density at radius 1 is 1.55 bits per heavy atom. The van der Waals surface area contributed by atoms with E-state index in [0.717, 1.165) is 5.69 Å². The molecule has 1 heterocycles. The molecule has 0 fully saturated rings. The minimum absolute atomic E-state index is 0.0993. The molecular weight excluding hydrogens is 136 g/mol. The van der Waals surface area contributed by atoms with Crippen molar-refractivity contribution in [3.8, 4) is 12.3 Å². The van der Waals surface area contributed by atoms with Gasteiger partial charge >= 0.3 is 0 Å². The highest BCUT2D eigenvalue weighted by atomic mass is 14.9. The number of aromatic nitrogens is 2. The van der Waals surface area contributed by atoms with E-state index in [9.17, 15) is 0 Å². The van der Waals surface area contributed by atoms with E-state index < -0.39 is 0 Å². The van der Waals surface area contributed by atoms with Crippen LogP contribution in [0.5, 0.6) is 0 Å². The van der Waals surface area contributed by atoms with Crippen LogP contribution in [-0.2, 0) is 5.41 Å². The van der Waals surface area contributed by atoms with Crippen molar-refractivity contribution in [1.29, 1.82) is 0 Å². The first-order valence-corrected chi connectivity index (χ1v) is 3.56. The molecule has 1 rings (SSSR count). The zero-order valence-corrected chi connectivity index (χ0v) is 7.10. The van der Waals surface area contributed by atoms with Gasteiger partial charge in [-0.05, 0) is 5.92 Å². The molecule has 1 aromatic rings. The molecule has 1 N–H and O–H groups in total. The molecule has 0 aliphatic rings. The molecule has 2 nitrogen and oxygen atoms in total. The van der Waals surface area contributed by atoms with Crippen LogP contribution in [0.15, 0.2) is 6.20 Å². The van der Waals surface area contributed by atoms with E-state index >= 15 is 0 Å². The number of imidazole rings is 1. The van der Waals surface area contributed by atoms with Crippen LogP contribution in [0, 0.1) is 12.3 Å². The highest BCUT2D eigenvalue weighted by Crippen LogP contribution is 2.19. The Balaban J connectivity index is 3.01. The van der Waals surface area contributed by atoms with Crippen LogP contribution in [0.4, 0.5) is 0 Å². The molecule has 1 aromatic heterocycles. The molecule has 0 saturated carbocycles. The Morgan fingerprint density at radius 3 is 2.45 bits per heavy atom. The van der Waals surface area contributed by atoms with Gasteiger partial charge in [0.25, 0.3) is 0 Å². The summed E-state index contributed by atoms with van der Waals surface area (Å²) >= 11 is 0. The molecule has 0 atom stereocenters. The van der Waals surface area contributed by atoms with Gasteiger partial charge < -0.3 is 4.98 Å². The first-order valence-electron chi connectivity index (χ1n) is 3.56. The molecule has 0 aromatic carbocycles. The molecular formula is C9H12N2. The fourth-order valence-electron chi connectivity index (χ4n) is 0.776. The number of aromatic amines is 1. The molecule has 0 spiro atoms. The van der Waals surface area contributed by atoms with Gasteiger partial charge in [-0.25, -0.2) is 4.98 Å². The summed E-state index contributed by atoms with van der Waals surface area (Å²) in [5, 5.41) is 0. The Hall–Kier alpha value is -1.23. The van der Waals surface area contributed by atoms with Gasteiger partial charge in [-0.2, -0.15) is 0 Å². The van der Waals surface area contributed by atoms with Gasteiger partial charge in [0.2, 0.25) is 0 Å². The SMILES string of the molecule is C#Cc1ncc(C(C)(C)C)[nH]1. The van der Waals surface area contributed by atoms with Crippen LogP contribution in [0.1, 0.15) is 32.3 Å². The van der Waals surface area contributed by atoms with E-state index in [0.29, 0.717) is 5.82 Å². The van der Waals surface area contributed by atoms with Crippen LogP contribution in [0.2, 0.25) is 0 Å². The molecule has 0 bridgehead atoms. The summed E-state index contributed by atoms with van der Waals surface area (Å²) in [6, 6.07) is 0. The largest absolute Gasteiger partial charge is 0.335 e. The van der Waals surface area contributed by atoms with Gasteiger partial charge in [0.15, 0.2) is 5.82 Å². The summed E-state index contributed by atoms with van der Waals surface area (Å²) in [5.74, 6) is 3.06. The summed E-state index contributed by atoms with van der Waals surface area (Å²) in [6.07, 6.45) is 6.95.